The van der Waals surface area contributed by atoms with Crippen molar-refractivity contribution < 1.29 is 13.6 Å². The molecule has 0 bridgehead atoms. The summed E-state index contributed by atoms with van der Waals surface area (Å²) in [5.74, 6) is -2.18. The minimum atomic E-state index is -2.69. The van der Waals surface area contributed by atoms with Crippen molar-refractivity contribution in [2.75, 3.05) is 18.4 Å². The molecule has 3 nitrogen and oxygen atoms in total. The molecule has 1 aliphatic heterocycles. The van der Waals surface area contributed by atoms with Crippen molar-refractivity contribution >= 4 is 11.6 Å². The topological polar surface area (TPSA) is 32.3 Å². The molecule has 2 atom stereocenters. The second-order valence-electron chi connectivity index (χ2n) is 9.40. The highest BCUT2D eigenvalue weighted by Gasteiger charge is 2.54. The molecule has 162 valence electrons. The third kappa shape index (κ3) is 4.92. The summed E-state index contributed by atoms with van der Waals surface area (Å²) in [6.07, 6.45) is 3.30. The zero-order chi connectivity index (χ0) is 21.1. The van der Waals surface area contributed by atoms with Gasteiger partial charge in [-0.1, -0.05) is 45.4 Å². The van der Waals surface area contributed by atoms with Gasteiger partial charge in [0.05, 0.1) is 0 Å². The van der Waals surface area contributed by atoms with Crippen molar-refractivity contribution in [3.63, 3.8) is 0 Å². The van der Waals surface area contributed by atoms with E-state index < -0.39 is 17.4 Å². The quantitative estimate of drug-likeness (QED) is 0.631. The van der Waals surface area contributed by atoms with Crippen LogP contribution < -0.4 is 5.32 Å². The van der Waals surface area contributed by atoms with Gasteiger partial charge in [0, 0.05) is 31.1 Å². The Morgan fingerprint density at radius 1 is 1.17 bits per heavy atom. The molecule has 0 radical (unpaired) electrons. The van der Waals surface area contributed by atoms with Crippen LogP contribution in [0.25, 0.3) is 0 Å². The van der Waals surface area contributed by atoms with E-state index in [1.165, 1.54) is 0 Å². The summed E-state index contributed by atoms with van der Waals surface area (Å²) in [7, 11) is 0. The van der Waals surface area contributed by atoms with Gasteiger partial charge in [-0.3, -0.25) is 4.79 Å². The molecular weight excluding hydrogens is 370 g/mol. The van der Waals surface area contributed by atoms with Gasteiger partial charge in [0.1, 0.15) is 5.54 Å². The van der Waals surface area contributed by atoms with Gasteiger partial charge >= 0.3 is 0 Å². The Balaban J connectivity index is 1.84. The van der Waals surface area contributed by atoms with Crippen molar-refractivity contribution in [1.82, 2.24) is 4.90 Å². The summed E-state index contributed by atoms with van der Waals surface area (Å²) in [6.45, 7) is 7.87. The molecule has 1 N–H and O–H groups in total. The van der Waals surface area contributed by atoms with Crippen molar-refractivity contribution in [3.8, 4) is 0 Å². The Morgan fingerprint density at radius 2 is 1.83 bits per heavy atom. The first-order chi connectivity index (χ1) is 13.8. The second kappa shape index (κ2) is 9.01. The lowest BCUT2D eigenvalue weighted by Crippen LogP contribution is -2.60. The first-order valence-electron chi connectivity index (χ1n) is 11.3. The molecule has 3 rings (SSSR count). The molecule has 2 aliphatic rings. The van der Waals surface area contributed by atoms with Crippen LogP contribution in [0.15, 0.2) is 30.3 Å². The number of hydrogen-bond acceptors (Lipinski definition) is 2. The summed E-state index contributed by atoms with van der Waals surface area (Å²) in [6, 6.07) is 9.58. The maximum atomic E-state index is 14.6. The molecule has 29 heavy (non-hydrogen) atoms. The number of nitrogens with zero attached hydrogens (tertiary/aromatic N) is 1. The number of benzene rings is 1. The SMILES string of the molecule is CCCC1CC(Nc2ccccc2)(C(=O)N2CCC(C(C)C)CC2)CCC1(F)F. The Labute approximate surface area is 174 Å². The minimum Gasteiger partial charge on any atom is -0.371 e. The summed E-state index contributed by atoms with van der Waals surface area (Å²) in [5.41, 5.74) is -0.105. The van der Waals surface area contributed by atoms with E-state index in [9.17, 15) is 13.6 Å². The van der Waals surface area contributed by atoms with Crippen LogP contribution in [0.2, 0.25) is 0 Å². The number of anilines is 1. The average molecular weight is 407 g/mol. The van der Waals surface area contributed by atoms with Gasteiger partial charge in [0.25, 0.3) is 5.92 Å². The molecule has 1 saturated heterocycles. The molecule has 1 aromatic carbocycles. The zero-order valence-corrected chi connectivity index (χ0v) is 18.1. The van der Waals surface area contributed by atoms with E-state index in [-0.39, 0.29) is 25.2 Å². The van der Waals surface area contributed by atoms with Crippen LogP contribution in [0.1, 0.15) is 65.7 Å². The lowest BCUT2D eigenvalue weighted by atomic mass is 9.70. The fraction of sp³-hybridized carbons (Fsp3) is 0.708. The molecule has 1 amide bonds. The number of alkyl halides is 2. The number of para-hydroxylation sites is 1. The zero-order valence-electron chi connectivity index (χ0n) is 18.1. The molecule has 1 aromatic rings. The minimum absolute atomic E-state index is 0.0140. The van der Waals surface area contributed by atoms with Crippen molar-refractivity contribution in [3.05, 3.63) is 30.3 Å². The van der Waals surface area contributed by atoms with Gasteiger partial charge in [0.2, 0.25) is 5.91 Å². The first-order valence-corrected chi connectivity index (χ1v) is 11.3. The lowest BCUT2D eigenvalue weighted by Gasteiger charge is -2.47. The Bertz CT molecular complexity index is 671. The Morgan fingerprint density at radius 3 is 2.41 bits per heavy atom. The van der Waals surface area contributed by atoms with E-state index in [1.807, 2.05) is 42.2 Å². The van der Waals surface area contributed by atoms with Crippen LogP contribution in [0.5, 0.6) is 0 Å². The van der Waals surface area contributed by atoms with Crippen LogP contribution in [-0.4, -0.2) is 35.4 Å². The number of amides is 1. The average Bonchev–Trinajstić information content (AvgIpc) is 2.71. The van der Waals surface area contributed by atoms with Crippen molar-refractivity contribution in [2.45, 2.75) is 77.2 Å². The fourth-order valence-corrected chi connectivity index (χ4v) is 5.15. The van der Waals surface area contributed by atoms with Crippen molar-refractivity contribution in [1.29, 1.82) is 0 Å². The van der Waals surface area contributed by atoms with E-state index in [0.29, 0.717) is 24.7 Å². The van der Waals surface area contributed by atoms with Crippen LogP contribution in [0.3, 0.4) is 0 Å². The van der Waals surface area contributed by atoms with Gasteiger partial charge in [-0.25, -0.2) is 8.78 Å². The van der Waals surface area contributed by atoms with Gasteiger partial charge in [-0.05, 0) is 56.1 Å². The molecular formula is C24H36F2N2O. The monoisotopic (exact) mass is 406 g/mol. The van der Waals surface area contributed by atoms with Crippen LogP contribution in [0.4, 0.5) is 14.5 Å². The number of likely N-dealkylation sites (tertiary alicyclic amines) is 1. The van der Waals surface area contributed by atoms with Gasteiger partial charge < -0.3 is 10.2 Å². The van der Waals surface area contributed by atoms with Crippen molar-refractivity contribution in [2.24, 2.45) is 17.8 Å². The maximum Gasteiger partial charge on any atom is 0.251 e. The number of carbonyl (C=O) groups is 1. The number of halogens is 2. The highest BCUT2D eigenvalue weighted by atomic mass is 19.3. The number of hydrogen-bond donors (Lipinski definition) is 1. The highest BCUT2D eigenvalue weighted by molar-refractivity contribution is 5.90. The number of carbonyl (C=O) groups excluding carboxylic acids is 1. The summed E-state index contributed by atoms with van der Waals surface area (Å²) < 4.78 is 29.3. The third-order valence-corrected chi connectivity index (χ3v) is 7.05. The fourth-order valence-electron chi connectivity index (χ4n) is 5.15. The standard InChI is InChI=1S/C24H36F2N2O/c1-4-8-20-17-23(13-14-24(20,25)26,27-21-9-6-5-7-10-21)22(29)28-15-11-19(12-16-28)18(2)3/h5-7,9-10,18-20,27H,4,8,11-17H2,1-3H3. The molecule has 1 saturated carbocycles. The molecule has 2 fully saturated rings. The molecule has 5 heteroatoms. The molecule has 0 aromatic heterocycles. The maximum absolute atomic E-state index is 14.6. The molecule has 0 spiro atoms. The predicted octanol–water partition coefficient (Wildman–Crippen LogP) is 5.97. The summed E-state index contributed by atoms with van der Waals surface area (Å²) in [4.78, 5) is 15.7. The number of piperidine rings is 1. The third-order valence-electron chi connectivity index (χ3n) is 7.05. The van der Waals surface area contributed by atoms with Gasteiger partial charge in [-0.2, -0.15) is 0 Å². The Kier molecular flexibility index (Phi) is 6.85. The highest BCUT2D eigenvalue weighted by Crippen LogP contribution is 2.47. The van der Waals surface area contributed by atoms with Crippen LogP contribution in [0, 0.1) is 17.8 Å². The van der Waals surface area contributed by atoms with E-state index in [2.05, 4.69) is 19.2 Å². The van der Waals surface area contributed by atoms with Gasteiger partial charge in [-0.15, -0.1) is 0 Å². The summed E-state index contributed by atoms with van der Waals surface area (Å²) in [5, 5.41) is 3.43. The molecule has 1 aliphatic carbocycles. The van der Waals surface area contributed by atoms with Gasteiger partial charge in [0.15, 0.2) is 0 Å². The second-order valence-corrected chi connectivity index (χ2v) is 9.40. The van der Waals surface area contributed by atoms with Crippen LogP contribution in [-0.2, 0) is 4.79 Å². The Hall–Kier alpha value is -1.65. The van der Waals surface area contributed by atoms with Crippen LogP contribution >= 0.6 is 0 Å². The smallest absolute Gasteiger partial charge is 0.251 e. The molecule has 1 heterocycles. The normalized spacial score (nSPS) is 27.8. The largest absolute Gasteiger partial charge is 0.371 e. The summed E-state index contributed by atoms with van der Waals surface area (Å²) >= 11 is 0. The van der Waals surface area contributed by atoms with E-state index >= 15 is 0 Å². The lowest BCUT2D eigenvalue weighted by molar-refractivity contribution is -0.148. The predicted molar refractivity (Wildman–Crippen MR) is 114 cm³/mol. The first kappa shape index (κ1) is 22.0. The van der Waals surface area contributed by atoms with E-state index in [4.69, 9.17) is 0 Å². The molecule has 2 unspecified atom stereocenters. The van der Waals surface area contributed by atoms with E-state index in [1.54, 1.807) is 0 Å². The van der Waals surface area contributed by atoms with E-state index in [0.717, 1.165) is 31.6 Å². The number of nitrogens with one attached hydrogen (secondary N) is 1. The number of rotatable bonds is 6.